The van der Waals surface area contributed by atoms with Crippen LogP contribution in [0.3, 0.4) is 0 Å². The summed E-state index contributed by atoms with van der Waals surface area (Å²) in [7, 11) is -1.61. The van der Waals surface area contributed by atoms with E-state index in [4.69, 9.17) is 0 Å². The first-order valence-corrected chi connectivity index (χ1v) is 13.5. The van der Waals surface area contributed by atoms with Gasteiger partial charge >= 0.3 is 0 Å². The van der Waals surface area contributed by atoms with Gasteiger partial charge in [0.25, 0.3) is 0 Å². The van der Waals surface area contributed by atoms with Crippen LogP contribution in [0.25, 0.3) is 0 Å². The van der Waals surface area contributed by atoms with Crippen LogP contribution in [0.5, 0.6) is 0 Å². The van der Waals surface area contributed by atoms with Crippen molar-refractivity contribution in [1.29, 1.82) is 0 Å². The number of hydrogen-bond acceptors (Lipinski definition) is 4. The molecular weight excluding hydrogens is 428 g/mol. The topological polar surface area (TPSA) is 57.7 Å². The van der Waals surface area contributed by atoms with Gasteiger partial charge in [0.05, 0.1) is 4.90 Å². The highest BCUT2D eigenvalue weighted by Crippen LogP contribution is 2.21. The van der Waals surface area contributed by atoms with Crippen molar-refractivity contribution in [2.24, 2.45) is 0 Å². The van der Waals surface area contributed by atoms with E-state index in [1.165, 1.54) is 4.90 Å². The Morgan fingerprint density at radius 3 is 2.10 bits per heavy atom. The molecule has 168 valence electrons. The lowest BCUT2D eigenvalue weighted by atomic mass is 10.1. The van der Waals surface area contributed by atoms with Crippen molar-refractivity contribution in [2.75, 3.05) is 26.4 Å². The molecule has 3 rings (SSSR count). The average Bonchev–Trinajstić information content (AvgIpc) is 3.08. The minimum atomic E-state index is -3.43. The van der Waals surface area contributed by atoms with Gasteiger partial charge in [0, 0.05) is 38.0 Å². The summed E-state index contributed by atoms with van der Waals surface area (Å²) in [6, 6.07) is 15.3. The quantitative estimate of drug-likeness (QED) is 0.542. The second kappa shape index (κ2) is 11.2. The lowest BCUT2D eigenvalue weighted by Gasteiger charge is -2.20. The zero-order chi connectivity index (χ0) is 22.3. The van der Waals surface area contributed by atoms with E-state index in [-0.39, 0.29) is 5.91 Å². The third-order valence-corrected chi connectivity index (χ3v) is 8.41. The van der Waals surface area contributed by atoms with Crippen LogP contribution in [-0.2, 0) is 27.8 Å². The van der Waals surface area contributed by atoms with Crippen LogP contribution in [0.4, 0.5) is 0 Å². The first-order chi connectivity index (χ1) is 14.9. The van der Waals surface area contributed by atoms with Crippen LogP contribution in [0.1, 0.15) is 43.2 Å². The third kappa shape index (κ3) is 6.57. The summed E-state index contributed by atoms with van der Waals surface area (Å²) in [5.74, 6) is 0.0789. The van der Waals surface area contributed by atoms with Gasteiger partial charge in [-0.2, -0.15) is 4.31 Å². The Morgan fingerprint density at radius 1 is 0.935 bits per heavy atom. The number of thioether (sulfide) groups is 1. The third-order valence-electron chi connectivity index (χ3n) is 5.76. The first-order valence-electron chi connectivity index (χ1n) is 10.9. The largest absolute Gasteiger partial charge is 0.341 e. The van der Waals surface area contributed by atoms with Crippen LogP contribution in [-0.4, -0.2) is 49.9 Å². The number of amides is 1. The van der Waals surface area contributed by atoms with E-state index in [0.717, 1.165) is 36.8 Å². The maximum Gasteiger partial charge on any atom is 0.243 e. The molecule has 5 nitrogen and oxygen atoms in total. The van der Waals surface area contributed by atoms with Crippen molar-refractivity contribution in [3.05, 3.63) is 59.7 Å². The minimum Gasteiger partial charge on any atom is -0.341 e. The Labute approximate surface area is 190 Å². The molecular formula is C24H32N2O3S2. The average molecular weight is 461 g/mol. The van der Waals surface area contributed by atoms with Crippen LogP contribution < -0.4 is 0 Å². The molecule has 0 saturated carbocycles. The van der Waals surface area contributed by atoms with Crippen LogP contribution in [0.15, 0.2) is 58.3 Å². The van der Waals surface area contributed by atoms with Gasteiger partial charge in [0.1, 0.15) is 0 Å². The predicted molar refractivity (Wildman–Crippen MR) is 127 cm³/mol. The Bertz CT molecular complexity index is 949. The monoisotopic (exact) mass is 460 g/mol. The summed E-state index contributed by atoms with van der Waals surface area (Å²) >= 11 is 1.70. The Morgan fingerprint density at radius 2 is 1.52 bits per heavy atom. The van der Waals surface area contributed by atoms with Gasteiger partial charge < -0.3 is 4.90 Å². The molecule has 31 heavy (non-hydrogen) atoms. The number of carbonyl (C=O) groups is 1. The van der Waals surface area contributed by atoms with E-state index in [9.17, 15) is 13.2 Å². The minimum absolute atomic E-state index is 0.0789. The van der Waals surface area contributed by atoms with E-state index in [1.54, 1.807) is 33.1 Å². The molecule has 2 aromatic rings. The molecule has 0 aromatic heterocycles. The number of sulfonamides is 1. The highest BCUT2D eigenvalue weighted by Gasteiger charge is 2.24. The zero-order valence-electron chi connectivity index (χ0n) is 18.4. The van der Waals surface area contributed by atoms with Gasteiger partial charge in [-0.15, -0.1) is 11.8 Å². The Kier molecular flexibility index (Phi) is 8.58. The number of nitrogens with zero attached hydrogens (tertiary/aromatic N) is 2. The fourth-order valence-corrected chi connectivity index (χ4v) is 5.72. The number of aryl methyl sites for hydroxylation is 1. The van der Waals surface area contributed by atoms with Crippen LogP contribution in [0.2, 0.25) is 0 Å². The lowest BCUT2D eigenvalue weighted by molar-refractivity contribution is -0.130. The zero-order valence-corrected chi connectivity index (χ0v) is 20.1. The number of benzene rings is 2. The van der Waals surface area contributed by atoms with Crippen molar-refractivity contribution in [3.8, 4) is 0 Å². The molecule has 1 fully saturated rings. The predicted octanol–water partition coefficient (Wildman–Crippen LogP) is 4.56. The molecule has 2 aromatic carbocycles. The van der Waals surface area contributed by atoms with Crippen molar-refractivity contribution in [3.63, 3.8) is 0 Å². The van der Waals surface area contributed by atoms with Gasteiger partial charge in [-0.3, -0.25) is 4.79 Å². The van der Waals surface area contributed by atoms with Gasteiger partial charge in [-0.1, -0.05) is 37.1 Å². The summed E-state index contributed by atoms with van der Waals surface area (Å²) in [5.41, 5.74) is 2.08. The molecule has 1 aliphatic heterocycles. The SMILES string of the molecule is CSc1ccc(CN(C)C(=O)CCc2ccc(S(=O)(=O)N3CCCCCC3)cc2)cc1. The van der Waals surface area contributed by atoms with Crippen LogP contribution in [0, 0.1) is 0 Å². The number of carbonyl (C=O) groups excluding carboxylic acids is 1. The Balaban J connectivity index is 1.53. The molecule has 1 saturated heterocycles. The molecule has 1 heterocycles. The van der Waals surface area contributed by atoms with Crippen molar-refractivity contribution >= 4 is 27.7 Å². The van der Waals surface area contributed by atoms with Crippen molar-refractivity contribution in [1.82, 2.24) is 9.21 Å². The summed E-state index contributed by atoms with van der Waals surface area (Å²) in [6.07, 6.45) is 7.08. The molecule has 0 N–H and O–H groups in total. The highest BCUT2D eigenvalue weighted by atomic mass is 32.2. The maximum atomic E-state index is 12.9. The van der Waals surface area contributed by atoms with Gasteiger partial charge in [-0.25, -0.2) is 8.42 Å². The van der Waals surface area contributed by atoms with E-state index in [2.05, 4.69) is 24.3 Å². The number of hydrogen-bond donors (Lipinski definition) is 0. The molecule has 7 heteroatoms. The van der Waals surface area contributed by atoms with E-state index in [0.29, 0.717) is 37.4 Å². The summed E-state index contributed by atoms with van der Waals surface area (Å²) < 4.78 is 27.4. The van der Waals surface area contributed by atoms with Gasteiger partial charge in [0.15, 0.2) is 0 Å². The molecule has 0 bridgehead atoms. The normalized spacial score (nSPS) is 15.4. The van der Waals surface area contributed by atoms with E-state index >= 15 is 0 Å². The smallest absolute Gasteiger partial charge is 0.243 e. The van der Waals surface area contributed by atoms with Crippen LogP contribution >= 0.6 is 11.8 Å². The molecule has 1 aliphatic rings. The number of rotatable bonds is 8. The maximum absolute atomic E-state index is 12.9. The fourth-order valence-electron chi connectivity index (χ4n) is 3.79. The van der Waals surface area contributed by atoms with E-state index < -0.39 is 10.0 Å². The summed E-state index contributed by atoms with van der Waals surface area (Å²) in [4.78, 5) is 15.8. The van der Waals surface area contributed by atoms with E-state index in [1.807, 2.05) is 25.4 Å². The second-order valence-corrected chi connectivity index (χ2v) is 10.9. The summed E-state index contributed by atoms with van der Waals surface area (Å²) in [6.45, 7) is 1.79. The van der Waals surface area contributed by atoms with Crippen molar-refractivity contribution < 1.29 is 13.2 Å². The molecule has 0 aliphatic carbocycles. The standard InChI is InChI=1S/C24H32N2O3S2/c1-25(19-21-7-12-22(30-2)13-8-21)24(27)16-11-20-9-14-23(15-10-20)31(28,29)26-17-5-3-4-6-18-26/h7-10,12-15H,3-6,11,16-19H2,1-2H3. The lowest BCUT2D eigenvalue weighted by Crippen LogP contribution is -2.31. The molecule has 0 atom stereocenters. The first kappa shape index (κ1) is 23.8. The second-order valence-electron chi connectivity index (χ2n) is 8.06. The van der Waals surface area contributed by atoms with Crippen molar-refractivity contribution in [2.45, 2.75) is 54.9 Å². The summed E-state index contributed by atoms with van der Waals surface area (Å²) in [5, 5.41) is 0. The van der Waals surface area contributed by atoms with Gasteiger partial charge in [0.2, 0.25) is 15.9 Å². The highest BCUT2D eigenvalue weighted by molar-refractivity contribution is 7.98. The molecule has 0 radical (unpaired) electrons. The molecule has 0 spiro atoms. The molecule has 1 amide bonds. The Hall–Kier alpha value is -1.83. The van der Waals surface area contributed by atoms with Gasteiger partial charge in [-0.05, 0) is 60.9 Å². The molecule has 0 unspecified atom stereocenters. The fraction of sp³-hybridized carbons (Fsp3) is 0.458.